The van der Waals surface area contributed by atoms with E-state index < -0.39 is 0 Å². The number of hydrogen-bond acceptors (Lipinski definition) is 3. The Labute approximate surface area is 103 Å². The number of hydrogen-bond donors (Lipinski definition) is 1. The average Bonchev–Trinajstić information content (AvgIpc) is 2.74. The summed E-state index contributed by atoms with van der Waals surface area (Å²) in [5, 5.41) is 3.12. The maximum atomic E-state index is 4.35. The Bertz CT molecular complexity index is 467. The molecule has 0 aromatic carbocycles. The Morgan fingerprint density at radius 1 is 1.44 bits per heavy atom. The molecule has 0 aliphatic heterocycles. The molecule has 0 bridgehead atoms. The first-order valence-electron chi connectivity index (χ1n) is 5.08. The number of halogens is 1. The van der Waals surface area contributed by atoms with Gasteiger partial charge < -0.3 is 9.88 Å². The number of imidazole rings is 1. The molecule has 16 heavy (non-hydrogen) atoms. The van der Waals surface area contributed by atoms with Crippen molar-refractivity contribution in [2.24, 2.45) is 0 Å². The van der Waals surface area contributed by atoms with Crippen LogP contribution in [0.1, 0.15) is 0 Å². The summed E-state index contributed by atoms with van der Waals surface area (Å²) >= 11 is 3.41. The van der Waals surface area contributed by atoms with E-state index in [0.29, 0.717) is 0 Å². The van der Waals surface area contributed by atoms with Gasteiger partial charge in [-0.05, 0) is 29.0 Å². The number of rotatable bonds is 4. The van der Waals surface area contributed by atoms with E-state index in [-0.39, 0.29) is 0 Å². The van der Waals surface area contributed by atoms with Gasteiger partial charge in [0.2, 0.25) is 0 Å². The summed E-state index contributed by atoms with van der Waals surface area (Å²) < 4.78 is 3.08. The largest absolute Gasteiger partial charge is 0.330 e. The van der Waals surface area contributed by atoms with Gasteiger partial charge in [0.15, 0.2) is 0 Å². The lowest BCUT2D eigenvalue weighted by atomic mass is 10.3. The van der Waals surface area contributed by atoms with Crippen molar-refractivity contribution < 1.29 is 0 Å². The highest BCUT2D eigenvalue weighted by atomic mass is 79.9. The van der Waals surface area contributed by atoms with Crippen molar-refractivity contribution >= 4 is 15.9 Å². The third-order valence-electron chi connectivity index (χ3n) is 2.28. The summed E-state index contributed by atoms with van der Waals surface area (Å²) in [6, 6.07) is 2.02. The molecule has 2 rings (SSSR count). The molecule has 0 aliphatic carbocycles. The highest BCUT2D eigenvalue weighted by molar-refractivity contribution is 9.10. The second-order valence-electron chi connectivity index (χ2n) is 3.44. The Kier molecular flexibility index (Phi) is 3.69. The van der Waals surface area contributed by atoms with Crippen LogP contribution in [0.5, 0.6) is 0 Å². The van der Waals surface area contributed by atoms with Crippen molar-refractivity contribution in [1.29, 1.82) is 0 Å². The second-order valence-corrected chi connectivity index (χ2v) is 4.36. The van der Waals surface area contributed by atoms with Crippen LogP contribution in [-0.2, 0) is 6.54 Å². The smallest absolute Gasteiger partial charge is 0.141 e. The van der Waals surface area contributed by atoms with Crippen LogP contribution in [-0.4, -0.2) is 28.1 Å². The SMILES string of the molecule is CNCCn1ccnc1-c1cncc(Br)c1. The number of aromatic nitrogens is 3. The van der Waals surface area contributed by atoms with Gasteiger partial charge in [0.25, 0.3) is 0 Å². The zero-order valence-corrected chi connectivity index (χ0v) is 10.6. The van der Waals surface area contributed by atoms with E-state index in [1.54, 1.807) is 6.20 Å². The minimum Gasteiger partial charge on any atom is -0.330 e. The second kappa shape index (κ2) is 5.23. The van der Waals surface area contributed by atoms with Crippen molar-refractivity contribution in [3.8, 4) is 11.4 Å². The number of nitrogens with zero attached hydrogens (tertiary/aromatic N) is 3. The maximum absolute atomic E-state index is 4.35. The minimum absolute atomic E-state index is 0.901. The quantitative estimate of drug-likeness (QED) is 0.931. The molecule has 0 radical (unpaired) electrons. The van der Waals surface area contributed by atoms with Crippen molar-refractivity contribution in [3.05, 3.63) is 35.3 Å². The lowest BCUT2D eigenvalue weighted by Crippen LogP contribution is -2.15. The monoisotopic (exact) mass is 280 g/mol. The number of nitrogens with one attached hydrogen (secondary N) is 1. The van der Waals surface area contributed by atoms with Crippen molar-refractivity contribution in [3.63, 3.8) is 0 Å². The van der Waals surface area contributed by atoms with E-state index in [2.05, 4.69) is 35.8 Å². The lowest BCUT2D eigenvalue weighted by molar-refractivity contribution is 0.649. The average molecular weight is 281 g/mol. The fraction of sp³-hybridized carbons (Fsp3) is 0.273. The first-order valence-corrected chi connectivity index (χ1v) is 5.87. The molecule has 2 heterocycles. The highest BCUT2D eigenvalue weighted by Crippen LogP contribution is 2.19. The minimum atomic E-state index is 0.901. The molecule has 5 heteroatoms. The van der Waals surface area contributed by atoms with Gasteiger partial charge in [-0.2, -0.15) is 0 Å². The van der Waals surface area contributed by atoms with Crippen LogP contribution in [0.2, 0.25) is 0 Å². The molecular weight excluding hydrogens is 268 g/mol. The van der Waals surface area contributed by atoms with Gasteiger partial charge in [-0.15, -0.1) is 0 Å². The molecule has 1 N–H and O–H groups in total. The standard InChI is InChI=1S/C11H13BrN4/c1-13-2-4-16-5-3-15-11(16)9-6-10(12)8-14-7-9/h3,5-8,13H,2,4H2,1H3. The van der Waals surface area contributed by atoms with Crippen LogP contribution in [0.3, 0.4) is 0 Å². The number of pyridine rings is 1. The molecule has 4 nitrogen and oxygen atoms in total. The normalized spacial score (nSPS) is 10.6. The summed E-state index contributed by atoms with van der Waals surface area (Å²) in [5.74, 6) is 0.948. The van der Waals surface area contributed by atoms with E-state index >= 15 is 0 Å². The molecule has 2 aromatic heterocycles. The van der Waals surface area contributed by atoms with Crippen molar-refractivity contribution in [2.45, 2.75) is 6.54 Å². The lowest BCUT2D eigenvalue weighted by Gasteiger charge is -2.07. The highest BCUT2D eigenvalue weighted by Gasteiger charge is 2.05. The van der Waals surface area contributed by atoms with E-state index in [0.717, 1.165) is 29.0 Å². The molecular formula is C11H13BrN4. The third-order valence-corrected chi connectivity index (χ3v) is 2.71. The fourth-order valence-electron chi connectivity index (χ4n) is 1.52. The fourth-order valence-corrected chi connectivity index (χ4v) is 1.88. The Morgan fingerprint density at radius 3 is 3.06 bits per heavy atom. The van der Waals surface area contributed by atoms with E-state index in [1.807, 2.05) is 31.7 Å². The number of likely N-dealkylation sites (N-methyl/N-ethyl adjacent to an activating group) is 1. The summed E-state index contributed by atoms with van der Waals surface area (Å²) in [6.45, 7) is 1.82. The zero-order valence-electron chi connectivity index (χ0n) is 9.02. The predicted octanol–water partition coefficient (Wildman–Crippen LogP) is 1.93. The first kappa shape index (κ1) is 11.3. The van der Waals surface area contributed by atoms with Gasteiger partial charge in [-0.1, -0.05) is 0 Å². The van der Waals surface area contributed by atoms with Crippen LogP contribution in [0.15, 0.2) is 35.3 Å². The molecule has 0 atom stereocenters. The molecule has 0 amide bonds. The molecule has 0 aliphatic rings. The first-order chi connectivity index (χ1) is 7.81. The van der Waals surface area contributed by atoms with Crippen LogP contribution in [0.25, 0.3) is 11.4 Å². The van der Waals surface area contributed by atoms with E-state index in [4.69, 9.17) is 0 Å². The van der Waals surface area contributed by atoms with Crippen molar-refractivity contribution in [2.75, 3.05) is 13.6 Å². The predicted molar refractivity (Wildman–Crippen MR) is 67.1 cm³/mol. The Hall–Kier alpha value is -1.20. The van der Waals surface area contributed by atoms with Crippen LogP contribution >= 0.6 is 15.9 Å². The van der Waals surface area contributed by atoms with E-state index in [1.165, 1.54) is 0 Å². The topological polar surface area (TPSA) is 42.7 Å². The summed E-state index contributed by atoms with van der Waals surface area (Å²) in [4.78, 5) is 8.50. The summed E-state index contributed by atoms with van der Waals surface area (Å²) in [5.41, 5.74) is 1.02. The van der Waals surface area contributed by atoms with Crippen LogP contribution in [0, 0.1) is 0 Å². The van der Waals surface area contributed by atoms with Gasteiger partial charge in [0.05, 0.1) is 0 Å². The molecule has 0 saturated heterocycles. The summed E-state index contributed by atoms with van der Waals surface area (Å²) in [6.07, 6.45) is 7.38. The zero-order chi connectivity index (χ0) is 11.4. The Morgan fingerprint density at radius 2 is 2.31 bits per heavy atom. The van der Waals surface area contributed by atoms with Crippen LogP contribution in [0.4, 0.5) is 0 Å². The van der Waals surface area contributed by atoms with Crippen molar-refractivity contribution in [1.82, 2.24) is 19.9 Å². The third kappa shape index (κ3) is 2.48. The molecule has 84 valence electrons. The van der Waals surface area contributed by atoms with Crippen LogP contribution < -0.4 is 5.32 Å². The molecule has 2 aromatic rings. The molecule has 0 saturated carbocycles. The molecule has 0 unspecified atom stereocenters. The molecule has 0 spiro atoms. The maximum Gasteiger partial charge on any atom is 0.141 e. The van der Waals surface area contributed by atoms with Gasteiger partial charge in [-0.25, -0.2) is 4.98 Å². The van der Waals surface area contributed by atoms with Gasteiger partial charge in [-0.3, -0.25) is 4.98 Å². The van der Waals surface area contributed by atoms with E-state index in [9.17, 15) is 0 Å². The van der Waals surface area contributed by atoms with Gasteiger partial charge >= 0.3 is 0 Å². The van der Waals surface area contributed by atoms with Gasteiger partial charge in [0, 0.05) is 47.9 Å². The Balaban J connectivity index is 2.29. The summed E-state index contributed by atoms with van der Waals surface area (Å²) in [7, 11) is 1.94. The van der Waals surface area contributed by atoms with Gasteiger partial charge in [0.1, 0.15) is 5.82 Å². The molecule has 0 fully saturated rings.